The highest BCUT2D eigenvalue weighted by molar-refractivity contribution is 7.93. The fourth-order valence-electron chi connectivity index (χ4n) is 2.15. The number of methoxy groups -OCH3 is 1. The predicted octanol–water partition coefficient (Wildman–Crippen LogP) is 3.00. The van der Waals surface area contributed by atoms with Crippen LogP contribution >= 0.6 is 0 Å². The molecule has 2 atom stereocenters. The molecule has 0 aliphatic carbocycles. The number of benzene rings is 1. The van der Waals surface area contributed by atoms with E-state index in [9.17, 15) is 4.21 Å². The average Bonchev–Trinajstić information content (AvgIpc) is 2.62. The molecule has 2 unspecified atom stereocenters. The van der Waals surface area contributed by atoms with E-state index in [-0.39, 0.29) is 17.8 Å². The molecule has 0 aliphatic rings. The first-order chi connectivity index (χ1) is 12.3. The molecule has 0 saturated heterocycles. The van der Waals surface area contributed by atoms with Crippen LogP contribution in [0.1, 0.15) is 29.0 Å². The molecule has 1 aromatic carbocycles. The lowest BCUT2D eigenvalue weighted by molar-refractivity contribution is 0.130. The molecule has 1 aromatic heterocycles. The van der Waals surface area contributed by atoms with Crippen molar-refractivity contribution in [2.75, 3.05) is 13.4 Å². The Bertz CT molecular complexity index is 870. The molecule has 0 aliphatic heterocycles. The van der Waals surface area contributed by atoms with Crippen LogP contribution in [0.3, 0.4) is 0 Å². The summed E-state index contributed by atoms with van der Waals surface area (Å²) in [4.78, 5) is 9.42. The fraction of sp³-hybridized carbons (Fsp3) is 0.333. The molecule has 2 aromatic rings. The Labute approximate surface area is 154 Å². The van der Waals surface area contributed by atoms with E-state index in [2.05, 4.69) is 14.5 Å². The third-order valence-corrected chi connectivity index (χ3v) is 6.02. The van der Waals surface area contributed by atoms with Crippen LogP contribution in [0, 0.1) is 6.92 Å². The van der Waals surface area contributed by atoms with Crippen LogP contribution < -0.4 is 10.5 Å². The number of nitrogens with two attached hydrogens (primary N) is 1. The van der Waals surface area contributed by atoms with Crippen molar-refractivity contribution in [3.05, 3.63) is 59.4 Å². The summed E-state index contributed by atoms with van der Waals surface area (Å²) in [5, 5.41) is 3.40. The van der Waals surface area contributed by atoms with Gasteiger partial charge in [-0.1, -0.05) is 18.2 Å². The van der Waals surface area contributed by atoms with Crippen molar-refractivity contribution in [3.8, 4) is 5.75 Å². The zero-order valence-electron chi connectivity index (χ0n) is 15.4. The molecule has 7 nitrogen and oxygen atoms in total. The predicted molar refractivity (Wildman–Crippen MR) is 103 cm³/mol. The van der Waals surface area contributed by atoms with E-state index in [1.807, 2.05) is 50.2 Å². The average molecular weight is 376 g/mol. The molecule has 0 fully saturated rings. The standard InChI is InChI=1S/C18H24N4O3S/c1-13-5-8-16(11-20-13)14(2)26(4,23)22-18(19)21-25-12-15-6-9-17(24-3)10-7-15/h5-11,14H,12H2,1-4H3,(H2,19,21). The summed E-state index contributed by atoms with van der Waals surface area (Å²) < 4.78 is 22.0. The molecule has 2 N–H and O–H groups in total. The molecule has 1 heterocycles. The summed E-state index contributed by atoms with van der Waals surface area (Å²) in [7, 11) is -1.04. The van der Waals surface area contributed by atoms with Crippen LogP contribution in [0.15, 0.2) is 52.1 Å². The highest BCUT2D eigenvalue weighted by atomic mass is 32.2. The lowest BCUT2D eigenvalue weighted by Gasteiger charge is -2.13. The molecular weight excluding hydrogens is 352 g/mol. The van der Waals surface area contributed by atoms with Crippen LogP contribution in [0.2, 0.25) is 0 Å². The number of guanidine groups is 1. The highest BCUT2D eigenvalue weighted by Crippen LogP contribution is 2.22. The third-order valence-electron chi connectivity index (χ3n) is 3.88. The maximum Gasteiger partial charge on any atom is 0.265 e. The Morgan fingerprint density at radius 2 is 1.96 bits per heavy atom. The molecular formula is C18H24N4O3S. The third kappa shape index (κ3) is 5.45. The molecule has 2 rings (SSSR count). The van der Waals surface area contributed by atoms with Crippen molar-refractivity contribution in [1.29, 1.82) is 0 Å². The van der Waals surface area contributed by atoms with Gasteiger partial charge in [0, 0.05) is 18.1 Å². The topological polar surface area (TPSA) is 99.2 Å². The van der Waals surface area contributed by atoms with E-state index in [0.29, 0.717) is 0 Å². The van der Waals surface area contributed by atoms with Gasteiger partial charge in [0.15, 0.2) is 0 Å². The van der Waals surface area contributed by atoms with Gasteiger partial charge in [-0.2, -0.15) is 4.36 Å². The molecule has 0 radical (unpaired) electrons. The molecule has 140 valence electrons. The van der Waals surface area contributed by atoms with Gasteiger partial charge in [-0.05, 0) is 48.3 Å². The summed E-state index contributed by atoms with van der Waals surface area (Å²) in [5.74, 6) is 0.606. The number of ether oxygens (including phenoxy) is 1. The molecule has 0 amide bonds. The zero-order valence-corrected chi connectivity index (χ0v) is 16.2. The number of nitrogens with zero attached hydrogens (tertiary/aromatic N) is 3. The number of oxime groups is 1. The van der Waals surface area contributed by atoms with Gasteiger partial charge < -0.3 is 15.3 Å². The largest absolute Gasteiger partial charge is 0.497 e. The van der Waals surface area contributed by atoms with Gasteiger partial charge >= 0.3 is 0 Å². The number of rotatable bonds is 6. The second-order valence-corrected chi connectivity index (χ2v) is 8.51. The Balaban J connectivity index is 2.04. The van der Waals surface area contributed by atoms with E-state index in [4.69, 9.17) is 15.3 Å². The van der Waals surface area contributed by atoms with E-state index >= 15 is 0 Å². The lowest BCUT2D eigenvalue weighted by atomic mass is 10.2. The second-order valence-electron chi connectivity index (χ2n) is 5.90. The minimum Gasteiger partial charge on any atom is -0.497 e. The molecule has 0 saturated carbocycles. The van der Waals surface area contributed by atoms with E-state index in [0.717, 1.165) is 22.6 Å². The number of hydrogen-bond acceptors (Lipinski definition) is 5. The van der Waals surface area contributed by atoms with Crippen molar-refractivity contribution >= 4 is 15.7 Å². The van der Waals surface area contributed by atoms with Gasteiger partial charge in [-0.25, -0.2) is 4.21 Å². The normalized spacial score (nSPS) is 15.0. The van der Waals surface area contributed by atoms with Crippen molar-refractivity contribution in [3.63, 3.8) is 0 Å². The van der Waals surface area contributed by atoms with Gasteiger partial charge in [0.05, 0.1) is 22.1 Å². The van der Waals surface area contributed by atoms with Crippen molar-refractivity contribution < 1.29 is 13.8 Å². The summed E-state index contributed by atoms with van der Waals surface area (Å²) in [5.41, 5.74) is 8.38. The van der Waals surface area contributed by atoms with Crippen LogP contribution in [0.4, 0.5) is 0 Å². The van der Waals surface area contributed by atoms with Crippen molar-refractivity contribution in [2.24, 2.45) is 15.3 Å². The zero-order chi connectivity index (χ0) is 19.2. The Morgan fingerprint density at radius 1 is 1.27 bits per heavy atom. The minimum absolute atomic E-state index is 0.155. The van der Waals surface area contributed by atoms with E-state index < -0.39 is 9.73 Å². The molecule has 0 bridgehead atoms. The van der Waals surface area contributed by atoms with Gasteiger partial charge in [-0.3, -0.25) is 4.98 Å². The SMILES string of the molecule is COc1ccc(CO/N=C(/N)N=S(C)(=O)C(C)c2ccc(C)nc2)cc1. The summed E-state index contributed by atoms with van der Waals surface area (Å²) >= 11 is 0. The monoisotopic (exact) mass is 376 g/mol. The van der Waals surface area contributed by atoms with E-state index in [1.165, 1.54) is 0 Å². The second kappa shape index (κ2) is 8.66. The number of pyridine rings is 1. The summed E-state index contributed by atoms with van der Waals surface area (Å²) in [6.07, 6.45) is 3.25. The minimum atomic E-state index is -2.65. The fourth-order valence-corrected chi connectivity index (χ4v) is 3.36. The Kier molecular flexibility index (Phi) is 6.57. The first-order valence-corrected chi connectivity index (χ1v) is 10.0. The highest BCUT2D eigenvalue weighted by Gasteiger charge is 2.17. The first-order valence-electron chi connectivity index (χ1n) is 8.03. The van der Waals surface area contributed by atoms with Crippen LogP contribution in [0.5, 0.6) is 5.75 Å². The van der Waals surface area contributed by atoms with Crippen molar-refractivity contribution in [1.82, 2.24) is 4.98 Å². The van der Waals surface area contributed by atoms with Crippen LogP contribution in [0.25, 0.3) is 0 Å². The first kappa shape index (κ1) is 19.7. The van der Waals surface area contributed by atoms with Gasteiger partial charge in [-0.15, -0.1) is 0 Å². The number of aromatic nitrogens is 1. The number of hydrogen-bond donors (Lipinski definition) is 1. The maximum absolute atomic E-state index is 12.9. The van der Waals surface area contributed by atoms with Crippen LogP contribution in [-0.4, -0.2) is 28.5 Å². The quantitative estimate of drug-likeness (QED) is 0.475. The number of aryl methyl sites for hydroxylation is 1. The summed E-state index contributed by atoms with van der Waals surface area (Å²) in [6, 6.07) is 11.1. The molecule has 26 heavy (non-hydrogen) atoms. The van der Waals surface area contributed by atoms with Crippen molar-refractivity contribution in [2.45, 2.75) is 25.7 Å². The maximum atomic E-state index is 12.9. The van der Waals surface area contributed by atoms with Gasteiger partial charge in [0.25, 0.3) is 5.96 Å². The van der Waals surface area contributed by atoms with Crippen LogP contribution in [-0.2, 0) is 21.2 Å². The molecule has 0 spiro atoms. The molecule has 8 heteroatoms. The van der Waals surface area contributed by atoms with Gasteiger partial charge in [0.1, 0.15) is 12.4 Å². The Morgan fingerprint density at radius 3 is 2.54 bits per heavy atom. The summed E-state index contributed by atoms with van der Waals surface area (Å²) in [6.45, 7) is 3.94. The Hall–Kier alpha value is -2.61. The van der Waals surface area contributed by atoms with Gasteiger partial charge in [0.2, 0.25) is 0 Å². The smallest absolute Gasteiger partial charge is 0.265 e. The van der Waals surface area contributed by atoms with E-state index in [1.54, 1.807) is 19.6 Å². The lowest BCUT2D eigenvalue weighted by Crippen LogP contribution is -2.16.